The Morgan fingerprint density at radius 3 is 2.30 bits per heavy atom. The van der Waals surface area contributed by atoms with Gasteiger partial charge in [0.1, 0.15) is 0 Å². The number of aliphatic hydroxyl groups is 1. The van der Waals surface area contributed by atoms with E-state index >= 15 is 0 Å². The van der Waals surface area contributed by atoms with Gasteiger partial charge in [0, 0.05) is 0 Å². The zero-order chi connectivity index (χ0) is 15.5. The maximum absolute atomic E-state index is 11.6. The lowest BCUT2D eigenvalue weighted by molar-refractivity contribution is -0.155. The highest BCUT2D eigenvalue weighted by Crippen LogP contribution is 2.32. The molecule has 6 nitrogen and oxygen atoms in total. The van der Waals surface area contributed by atoms with Crippen LogP contribution in [0.4, 0.5) is 10.5 Å². The van der Waals surface area contributed by atoms with Gasteiger partial charge in [-0.25, -0.2) is 9.59 Å². The number of carbonyl (C=O) groups excluding carboxylic acids is 1. The Bertz CT molecular complexity index is 549. The molecule has 0 saturated carbocycles. The highest BCUT2D eigenvalue weighted by molar-refractivity contribution is 6.44. The predicted molar refractivity (Wildman–Crippen MR) is 76.8 cm³/mol. The summed E-state index contributed by atoms with van der Waals surface area (Å²) in [5, 5.41) is 23.3. The number of hydrogen-bond acceptors (Lipinski definition) is 3. The second kappa shape index (κ2) is 6.49. The van der Waals surface area contributed by atoms with E-state index in [2.05, 4.69) is 10.6 Å². The minimum atomic E-state index is -2.07. The second-order valence-corrected chi connectivity index (χ2v) is 5.35. The average Bonchev–Trinajstić information content (AvgIpc) is 2.33. The van der Waals surface area contributed by atoms with Crippen LogP contribution in [0.15, 0.2) is 12.1 Å². The molecule has 110 valence electrons. The van der Waals surface area contributed by atoms with Crippen LogP contribution in [0, 0.1) is 0 Å². The van der Waals surface area contributed by atoms with Crippen molar-refractivity contribution in [1.82, 2.24) is 5.32 Å². The Morgan fingerprint density at radius 2 is 1.75 bits per heavy atom. The molecule has 0 saturated heterocycles. The van der Waals surface area contributed by atoms with Gasteiger partial charge in [-0.1, -0.05) is 34.8 Å². The van der Waals surface area contributed by atoms with Gasteiger partial charge in [0.2, 0.25) is 0 Å². The molecule has 1 unspecified atom stereocenters. The van der Waals surface area contributed by atoms with Crippen LogP contribution in [0.3, 0.4) is 0 Å². The second-order valence-electron chi connectivity index (χ2n) is 4.13. The van der Waals surface area contributed by atoms with Gasteiger partial charge in [-0.15, -0.1) is 0 Å². The molecule has 0 radical (unpaired) electrons. The smallest absolute Gasteiger partial charge is 0.337 e. The number of aliphatic carboxylic acids is 1. The zero-order valence-corrected chi connectivity index (χ0v) is 12.5. The van der Waals surface area contributed by atoms with Crippen LogP contribution < -0.4 is 10.6 Å². The molecule has 0 heterocycles. The number of hydrogen-bond donors (Lipinski definition) is 4. The van der Waals surface area contributed by atoms with E-state index in [-0.39, 0.29) is 20.8 Å². The molecule has 0 aliphatic rings. The lowest BCUT2D eigenvalue weighted by atomic mass is 10.1. The largest absolute Gasteiger partial charge is 0.479 e. The topological polar surface area (TPSA) is 98.7 Å². The molecule has 1 atom stereocenters. The number of anilines is 1. The summed E-state index contributed by atoms with van der Waals surface area (Å²) in [5.74, 6) is -1.45. The summed E-state index contributed by atoms with van der Waals surface area (Å²) in [4.78, 5) is 22.2. The Kier molecular flexibility index (Phi) is 5.47. The van der Waals surface area contributed by atoms with Crippen LogP contribution in [0.25, 0.3) is 0 Å². The van der Waals surface area contributed by atoms with Crippen LogP contribution in [0.5, 0.6) is 0 Å². The summed E-state index contributed by atoms with van der Waals surface area (Å²) >= 11 is 17.4. The first kappa shape index (κ1) is 16.8. The Balaban J connectivity index is 2.68. The Hall–Kier alpha value is -1.21. The number of halogens is 3. The number of nitrogens with one attached hydrogen (secondary N) is 2. The molecule has 9 heteroatoms. The Morgan fingerprint density at radius 1 is 1.20 bits per heavy atom. The maximum atomic E-state index is 11.6. The minimum absolute atomic E-state index is 0.166. The van der Waals surface area contributed by atoms with Gasteiger partial charge in [-0.3, -0.25) is 0 Å². The quantitative estimate of drug-likeness (QED) is 0.633. The fourth-order valence-corrected chi connectivity index (χ4v) is 1.71. The fraction of sp³-hybridized carbons (Fsp3) is 0.273. The van der Waals surface area contributed by atoms with Crippen molar-refractivity contribution < 1.29 is 19.8 Å². The number of carboxylic acid groups (broad SMARTS) is 1. The van der Waals surface area contributed by atoms with Gasteiger partial charge in [0.15, 0.2) is 5.60 Å². The third-order valence-electron chi connectivity index (χ3n) is 2.31. The van der Waals surface area contributed by atoms with Crippen molar-refractivity contribution in [3.63, 3.8) is 0 Å². The van der Waals surface area contributed by atoms with Crippen LogP contribution in [0.1, 0.15) is 6.92 Å². The van der Waals surface area contributed by atoms with Crippen LogP contribution in [0.2, 0.25) is 15.1 Å². The summed E-state index contributed by atoms with van der Waals surface area (Å²) in [7, 11) is 0. The van der Waals surface area contributed by atoms with Crippen molar-refractivity contribution in [3.8, 4) is 0 Å². The van der Waals surface area contributed by atoms with E-state index < -0.39 is 24.1 Å². The predicted octanol–water partition coefficient (Wildman–Crippen LogP) is 2.60. The molecule has 1 aromatic carbocycles. The molecule has 1 rings (SSSR count). The van der Waals surface area contributed by atoms with E-state index in [0.717, 1.165) is 6.92 Å². The van der Waals surface area contributed by atoms with Crippen molar-refractivity contribution in [1.29, 1.82) is 0 Å². The molecular weight excluding hydrogens is 330 g/mol. The standard InChI is InChI=1S/C11H11Cl3N2O4/c1-11(20,9(17)18)4-15-10(19)16-8-3-6(13)5(12)2-7(8)14/h2-3,20H,4H2,1H3,(H,17,18)(H2,15,16,19). The minimum Gasteiger partial charge on any atom is -0.479 e. The van der Waals surface area contributed by atoms with Gasteiger partial charge in [0.25, 0.3) is 0 Å². The van der Waals surface area contributed by atoms with E-state index in [4.69, 9.17) is 39.9 Å². The molecule has 0 aliphatic carbocycles. The average molecular weight is 342 g/mol. The van der Waals surface area contributed by atoms with Crippen molar-refractivity contribution >= 4 is 52.5 Å². The lowest BCUT2D eigenvalue weighted by Gasteiger charge is -2.18. The van der Waals surface area contributed by atoms with Crippen LogP contribution in [-0.2, 0) is 4.79 Å². The molecule has 1 aromatic rings. The first-order chi connectivity index (χ1) is 9.13. The van der Waals surface area contributed by atoms with E-state index in [1.807, 2.05) is 0 Å². The Labute approximate surface area is 129 Å². The molecular formula is C11H11Cl3N2O4. The van der Waals surface area contributed by atoms with E-state index in [0.29, 0.717) is 0 Å². The van der Waals surface area contributed by atoms with Gasteiger partial charge in [-0.2, -0.15) is 0 Å². The number of carboxylic acids is 1. The SMILES string of the molecule is CC(O)(CNC(=O)Nc1cc(Cl)c(Cl)cc1Cl)C(=O)O. The highest BCUT2D eigenvalue weighted by atomic mass is 35.5. The third kappa shape index (κ3) is 4.42. The molecule has 20 heavy (non-hydrogen) atoms. The summed E-state index contributed by atoms with van der Waals surface area (Å²) in [6.07, 6.45) is 0. The van der Waals surface area contributed by atoms with Crippen LogP contribution >= 0.6 is 34.8 Å². The first-order valence-corrected chi connectivity index (χ1v) is 6.42. The number of carbonyl (C=O) groups is 2. The molecule has 0 bridgehead atoms. The fourth-order valence-electron chi connectivity index (χ4n) is 1.11. The summed E-state index contributed by atoms with van der Waals surface area (Å²) in [6.45, 7) is 0.578. The molecule has 0 aliphatic heterocycles. The van der Waals surface area contributed by atoms with Crippen molar-refractivity contribution in [2.24, 2.45) is 0 Å². The zero-order valence-electron chi connectivity index (χ0n) is 10.2. The molecule has 0 aromatic heterocycles. The van der Waals surface area contributed by atoms with Crippen molar-refractivity contribution in [2.75, 3.05) is 11.9 Å². The molecule has 0 spiro atoms. The molecule has 2 amide bonds. The normalized spacial score (nSPS) is 13.4. The monoisotopic (exact) mass is 340 g/mol. The molecule has 0 fully saturated rings. The van der Waals surface area contributed by atoms with Gasteiger partial charge < -0.3 is 20.8 Å². The van der Waals surface area contributed by atoms with Crippen LogP contribution in [-0.4, -0.2) is 34.4 Å². The number of rotatable bonds is 4. The van der Waals surface area contributed by atoms with E-state index in [1.165, 1.54) is 12.1 Å². The van der Waals surface area contributed by atoms with Gasteiger partial charge in [0.05, 0.1) is 27.3 Å². The van der Waals surface area contributed by atoms with Gasteiger partial charge in [-0.05, 0) is 19.1 Å². The van der Waals surface area contributed by atoms with E-state index in [9.17, 15) is 14.7 Å². The summed E-state index contributed by atoms with van der Waals surface area (Å²) < 4.78 is 0. The third-order valence-corrected chi connectivity index (χ3v) is 3.35. The highest BCUT2D eigenvalue weighted by Gasteiger charge is 2.30. The van der Waals surface area contributed by atoms with Crippen molar-refractivity contribution in [2.45, 2.75) is 12.5 Å². The molecule has 4 N–H and O–H groups in total. The lowest BCUT2D eigenvalue weighted by Crippen LogP contribution is -2.47. The maximum Gasteiger partial charge on any atom is 0.337 e. The first-order valence-electron chi connectivity index (χ1n) is 5.28. The van der Waals surface area contributed by atoms with Gasteiger partial charge >= 0.3 is 12.0 Å². The number of urea groups is 1. The number of amides is 2. The van der Waals surface area contributed by atoms with E-state index in [1.54, 1.807) is 0 Å². The number of benzene rings is 1. The summed E-state index contributed by atoms with van der Waals surface area (Å²) in [6, 6.07) is 1.96. The summed E-state index contributed by atoms with van der Waals surface area (Å²) in [5.41, 5.74) is -1.87. The van der Waals surface area contributed by atoms with Crippen molar-refractivity contribution in [3.05, 3.63) is 27.2 Å².